The zero-order valence-corrected chi connectivity index (χ0v) is 11.5. The lowest BCUT2D eigenvalue weighted by Gasteiger charge is -2.23. The number of carbonyl (C=O) groups is 1. The first-order chi connectivity index (χ1) is 9.74. The lowest BCUT2D eigenvalue weighted by molar-refractivity contribution is 0.0711. The molecule has 1 unspecified atom stereocenters. The van der Waals surface area contributed by atoms with Crippen LogP contribution in [0.2, 0.25) is 0 Å². The van der Waals surface area contributed by atoms with E-state index < -0.39 is 0 Å². The van der Waals surface area contributed by atoms with E-state index in [0.29, 0.717) is 30.8 Å². The van der Waals surface area contributed by atoms with E-state index in [4.69, 9.17) is 9.84 Å². The molecule has 5 heteroatoms. The maximum atomic E-state index is 12.5. The minimum atomic E-state index is -0.0730. The van der Waals surface area contributed by atoms with Crippen molar-refractivity contribution in [2.45, 2.75) is 18.9 Å². The van der Waals surface area contributed by atoms with Crippen molar-refractivity contribution in [3.05, 3.63) is 29.6 Å². The van der Waals surface area contributed by atoms with Crippen molar-refractivity contribution in [2.75, 3.05) is 26.9 Å². The predicted octanol–water partition coefficient (Wildman–Crippen LogP) is 0.676. The van der Waals surface area contributed by atoms with E-state index in [1.807, 2.05) is 0 Å². The number of aliphatic hydroxyl groups excluding tert-OH is 1. The van der Waals surface area contributed by atoms with Crippen molar-refractivity contribution in [1.82, 2.24) is 9.88 Å². The Balaban J connectivity index is 2.19. The molecule has 0 aromatic carbocycles. The van der Waals surface area contributed by atoms with Gasteiger partial charge in [0.1, 0.15) is 0 Å². The second-order valence-electron chi connectivity index (χ2n) is 4.63. The summed E-state index contributed by atoms with van der Waals surface area (Å²) in [6, 6.07) is 1.80. The monoisotopic (exact) mass is 274 g/mol. The molecule has 1 aromatic heterocycles. The summed E-state index contributed by atoms with van der Waals surface area (Å²) in [4.78, 5) is 18.2. The molecule has 1 saturated heterocycles. The highest BCUT2D eigenvalue weighted by Gasteiger charge is 2.25. The van der Waals surface area contributed by atoms with Gasteiger partial charge in [0, 0.05) is 32.5 Å². The highest BCUT2D eigenvalue weighted by Crippen LogP contribution is 2.15. The van der Waals surface area contributed by atoms with Gasteiger partial charge in [-0.15, -0.1) is 0 Å². The minimum Gasteiger partial charge on any atom is -0.395 e. The van der Waals surface area contributed by atoms with E-state index >= 15 is 0 Å². The van der Waals surface area contributed by atoms with Gasteiger partial charge >= 0.3 is 0 Å². The quantitative estimate of drug-likeness (QED) is 0.823. The summed E-state index contributed by atoms with van der Waals surface area (Å²) in [5, 5.41) is 8.75. The fraction of sp³-hybridized carbons (Fsp3) is 0.467. The molecule has 106 valence electrons. The number of hydrogen-bond donors (Lipinski definition) is 1. The predicted molar refractivity (Wildman–Crippen MR) is 74.1 cm³/mol. The summed E-state index contributed by atoms with van der Waals surface area (Å²) in [6.45, 7) is 1.29. The van der Waals surface area contributed by atoms with E-state index in [9.17, 15) is 4.79 Å². The third kappa shape index (κ3) is 3.35. The van der Waals surface area contributed by atoms with E-state index in [0.717, 1.165) is 6.42 Å². The maximum absolute atomic E-state index is 12.5. The van der Waals surface area contributed by atoms with Gasteiger partial charge in [-0.25, -0.2) is 0 Å². The van der Waals surface area contributed by atoms with Crippen LogP contribution in [0.3, 0.4) is 0 Å². The molecule has 1 atom stereocenters. The van der Waals surface area contributed by atoms with Crippen LogP contribution in [0, 0.1) is 11.8 Å². The van der Waals surface area contributed by atoms with Crippen LogP contribution in [0.5, 0.6) is 0 Å². The van der Waals surface area contributed by atoms with Gasteiger partial charge in [0.15, 0.2) is 0 Å². The minimum absolute atomic E-state index is 0.00978. The first-order valence-corrected chi connectivity index (χ1v) is 6.62. The summed E-state index contributed by atoms with van der Waals surface area (Å²) in [5.74, 6) is 5.64. The molecule has 1 aliphatic rings. The Labute approximate surface area is 118 Å². The molecule has 20 heavy (non-hydrogen) atoms. The topological polar surface area (TPSA) is 62.7 Å². The average molecular weight is 274 g/mol. The third-order valence-corrected chi connectivity index (χ3v) is 3.29. The molecule has 1 aliphatic heterocycles. The zero-order chi connectivity index (χ0) is 14.4. The largest absolute Gasteiger partial charge is 0.395 e. The number of amides is 1. The van der Waals surface area contributed by atoms with Crippen molar-refractivity contribution in [3.63, 3.8) is 0 Å². The third-order valence-electron chi connectivity index (χ3n) is 3.29. The fourth-order valence-electron chi connectivity index (χ4n) is 2.08. The summed E-state index contributed by atoms with van der Waals surface area (Å²) in [5.41, 5.74) is 1.14. The summed E-state index contributed by atoms with van der Waals surface area (Å²) >= 11 is 0. The van der Waals surface area contributed by atoms with Crippen LogP contribution in [-0.2, 0) is 4.74 Å². The average Bonchev–Trinajstić information content (AvgIpc) is 3.01. The molecule has 0 radical (unpaired) electrons. The Kier molecular flexibility index (Phi) is 5.10. The Bertz CT molecular complexity index is 527. The lowest BCUT2D eigenvalue weighted by Crippen LogP contribution is -2.37. The molecule has 2 heterocycles. The molecule has 1 amide bonds. The lowest BCUT2D eigenvalue weighted by atomic mass is 10.1. The molecule has 0 bridgehead atoms. The smallest absolute Gasteiger partial charge is 0.255 e. The molecule has 0 saturated carbocycles. The molecule has 1 N–H and O–H groups in total. The molecule has 1 aromatic rings. The molecule has 2 rings (SSSR count). The number of hydrogen-bond acceptors (Lipinski definition) is 4. The highest BCUT2D eigenvalue weighted by atomic mass is 16.5. The van der Waals surface area contributed by atoms with E-state index in [1.54, 1.807) is 30.4 Å². The SMILES string of the molecule is CN(C(=O)c1ccncc1C#CCCO)C1CCOC1. The maximum Gasteiger partial charge on any atom is 0.255 e. The first-order valence-electron chi connectivity index (χ1n) is 6.62. The Hall–Kier alpha value is -1.90. The van der Waals surface area contributed by atoms with Crippen LogP contribution in [0.15, 0.2) is 18.5 Å². The van der Waals surface area contributed by atoms with Gasteiger partial charge in [0.2, 0.25) is 0 Å². The molecule has 0 aliphatic carbocycles. The first kappa shape index (κ1) is 14.5. The van der Waals surface area contributed by atoms with Gasteiger partial charge in [-0.2, -0.15) is 0 Å². The Morgan fingerprint density at radius 2 is 2.50 bits per heavy atom. The van der Waals surface area contributed by atoms with E-state index in [1.165, 1.54) is 0 Å². The second-order valence-corrected chi connectivity index (χ2v) is 4.63. The number of pyridine rings is 1. The molecular weight excluding hydrogens is 256 g/mol. The van der Waals surface area contributed by atoms with Gasteiger partial charge < -0.3 is 14.7 Å². The van der Waals surface area contributed by atoms with Crippen LogP contribution >= 0.6 is 0 Å². The standard InChI is InChI=1S/C15H18N2O3/c1-17(13-6-9-20-11-13)15(19)14-5-7-16-10-12(14)4-2-3-8-18/h5,7,10,13,18H,3,6,8-9,11H2,1H3. The van der Waals surface area contributed by atoms with Crippen molar-refractivity contribution < 1.29 is 14.6 Å². The number of carbonyl (C=O) groups excluding carboxylic acids is 1. The van der Waals surface area contributed by atoms with E-state index in [2.05, 4.69) is 16.8 Å². The van der Waals surface area contributed by atoms with Gasteiger partial charge in [-0.3, -0.25) is 9.78 Å². The fourth-order valence-corrected chi connectivity index (χ4v) is 2.08. The van der Waals surface area contributed by atoms with Crippen LogP contribution in [-0.4, -0.2) is 53.8 Å². The summed E-state index contributed by atoms with van der Waals surface area (Å²) < 4.78 is 5.31. The number of aromatic nitrogens is 1. The number of ether oxygens (including phenoxy) is 1. The summed E-state index contributed by atoms with van der Waals surface area (Å²) in [7, 11) is 1.78. The number of aliphatic hydroxyl groups is 1. The Morgan fingerprint density at radius 1 is 1.65 bits per heavy atom. The number of likely N-dealkylation sites (N-methyl/N-ethyl adjacent to an activating group) is 1. The van der Waals surface area contributed by atoms with Crippen LogP contribution < -0.4 is 0 Å². The van der Waals surface area contributed by atoms with Gasteiger partial charge in [-0.1, -0.05) is 11.8 Å². The zero-order valence-electron chi connectivity index (χ0n) is 11.5. The van der Waals surface area contributed by atoms with E-state index in [-0.39, 0.29) is 18.6 Å². The van der Waals surface area contributed by atoms with Gasteiger partial charge in [-0.05, 0) is 12.5 Å². The summed E-state index contributed by atoms with van der Waals surface area (Å²) in [6.07, 6.45) is 4.41. The molecular formula is C15H18N2O3. The number of rotatable bonds is 3. The van der Waals surface area contributed by atoms with Gasteiger partial charge in [0.25, 0.3) is 5.91 Å². The van der Waals surface area contributed by atoms with Crippen LogP contribution in [0.1, 0.15) is 28.8 Å². The molecule has 1 fully saturated rings. The molecule has 5 nitrogen and oxygen atoms in total. The van der Waals surface area contributed by atoms with Crippen molar-refractivity contribution in [1.29, 1.82) is 0 Å². The van der Waals surface area contributed by atoms with Crippen molar-refractivity contribution >= 4 is 5.91 Å². The highest BCUT2D eigenvalue weighted by molar-refractivity contribution is 5.96. The van der Waals surface area contributed by atoms with Gasteiger partial charge in [0.05, 0.1) is 30.4 Å². The second kappa shape index (κ2) is 7.04. The normalized spacial score (nSPS) is 17.4. The number of nitrogens with zero attached hydrogens (tertiary/aromatic N) is 2. The Morgan fingerprint density at radius 3 is 3.20 bits per heavy atom. The van der Waals surface area contributed by atoms with Crippen LogP contribution in [0.25, 0.3) is 0 Å². The van der Waals surface area contributed by atoms with Crippen molar-refractivity contribution in [3.8, 4) is 11.8 Å². The van der Waals surface area contributed by atoms with Crippen molar-refractivity contribution in [2.24, 2.45) is 0 Å². The molecule has 0 spiro atoms. The van der Waals surface area contributed by atoms with Crippen LogP contribution in [0.4, 0.5) is 0 Å².